The van der Waals surface area contributed by atoms with Crippen molar-refractivity contribution in [1.29, 1.82) is 0 Å². The highest BCUT2D eigenvalue weighted by molar-refractivity contribution is 5.78. The number of nitrogens with one attached hydrogen (secondary N) is 1. The molecule has 2 rings (SSSR count). The van der Waals surface area contributed by atoms with Gasteiger partial charge in [-0.05, 0) is 31.7 Å². The summed E-state index contributed by atoms with van der Waals surface area (Å²) in [4.78, 5) is 10.2. The summed E-state index contributed by atoms with van der Waals surface area (Å²) in [6, 6.07) is 5.75. The molecule has 1 heterocycles. The Balaban J connectivity index is 1.87. The molecule has 2 aromatic rings. The molecule has 0 unspecified atom stereocenters. The number of hydrogen-bond donors (Lipinski definition) is 2. The lowest BCUT2D eigenvalue weighted by atomic mass is 10.3. The molecule has 0 saturated carbocycles. The Morgan fingerprint density at radius 3 is 3.00 bits per heavy atom. The molecular formula is C14H22N4O. The topological polar surface area (TPSA) is 67.2 Å². The zero-order chi connectivity index (χ0) is 13.7. The molecule has 0 atom stereocenters. The molecule has 0 aliphatic rings. The highest BCUT2D eigenvalue weighted by Gasteiger charge is 2.05. The summed E-state index contributed by atoms with van der Waals surface area (Å²) in [5.41, 5.74) is 8.51. The first-order valence-corrected chi connectivity index (χ1v) is 6.60. The highest BCUT2D eigenvalue weighted by atomic mass is 16.5. The van der Waals surface area contributed by atoms with Crippen LogP contribution in [0.15, 0.2) is 18.2 Å². The Morgan fingerprint density at radius 2 is 2.21 bits per heavy atom. The van der Waals surface area contributed by atoms with Crippen LogP contribution >= 0.6 is 0 Å². The maximum Gasteiger partial charge on any atom is 0.108 e. The maximum absolute atomic E-state index is 5.76. The number of benzene rings is 1. The van der Waals surface area contributed by atoms with Crippen molar-refractivity contribution in [1.82, 2.24) is 14.9 Å². The molecule has 0 radical (unpaired) electrons. The summed E-state index contributed by atoms with van der Waals surface area (Å²) in [6.07, 6.45) is 1.97. The van der Waals surface area contributed by atoms with E-state index in [4.69, 9.17) is 10.5 Å². The van der Waals surface area contributed by atoms with E-state index < -0.39 is 0 Å². The van der Waals surface area contributed by atoms with Gasteiger partial charge in [0.05, 0.1) is 11.0 Å². The van der Waals surface area contributed by atoms with Crippen molar-refractivity contribution < 1.29 is 4.74 Å². The second-order valence-electron chi connectivity index (χ2n) is 4.86. The molecule has 1 aromatic heterocycles. The molecule has 1 aromatic carbocycles. The van der Waals surface area contributed by atoms with Crippen molar-refractivity contribution in [2.45, 2.75) is 12.8 Å². The monoisotopic (exact) mass is 262 g/mol. The van der Waals surface area contributed by atoms with Crippen LogP contribution in [0.4, 0.5) is 5.69 Å². The number of methoxy groups -OCH3 is 1. The van der Waals surface area contributed by atoms with E-state index in [1.54, 1.807) is 7.11 Å². The highest BCUT2D eigenvalue weighted by Crippen LogP contribution is 2.15. The van der Waals surface area contributed by atoms with Gasteiger partial charge in [-0.1, -0.05) is 0 Å². The third-order valence-corrected chi connectivity index (χ3v) is 3.17. The van der Waals surface area contributed by atoms with Crippen LogP contribution in [0.3, 0.4) is 0 Å². The van der Waals surface area contributed by atoms with Crippen LogP contribution in [0, 0.1) is 0 Å². The van der Waals surface area contributed by atoms with Gasteiger partial charge in [0.1, 0.15) is 5.82 Å². The van der Waals surface area contributed by atoms with E-state index in [1.807, 2.05) is 18.2 Å². The number of rotatable bonds is 7. The predicted molar refractivity (Wildman–Crippen MR) is 78.2 cm³/mol. The lowest BCUT2D eigenvalue weighted by molar-refractivity contribution is 0.179. The fraction of sp³-hybridized carbons (Fsp3) is 0.500. The van der Waals surface area contributed by atoms with Crippen LogP contribution in [-0.4, -0.2) is 48.7 Å². The standard InChI is InChI=1S/C14H22N4O/c1-18(7-3-9-19-2)8-6-14-16-12-5-4-11(15)10-13(12)17-14/h4-5,10H,3,6-9,15H2,1-2H3,(H,16,17). The van der Waals surface area contributed by atoms with Crippen molar-refractivity contribution in [3.8, 4) is 0 Å². The van der Waals surface area contributed by atoms with E-state index in [0.717, 1.165) is 55.1 Å². The SMILES string of the molecule is COCCCN(C)CCc1nc2ccc(N)cc2[nH]1. The molecular weight excluding hydrogens is 240 g/mol. The molecule has 0 saturated heterocycles. The minimum absolute atomic E-state index is 0.763. The smallest absolute Gasteiger partial charge is 0.108 e. The number of ether oxygens (including phenoxy) is 1. The number of hydrogen-bond acceptors (Lipinski definition) is 4. The Labute approximate surface area is 113 Å². The number of nitrogens with zero attached hydrogens (tertiary/aromatic N) is 2. The third-order valence-electron chi connectivity index (χ3n) is 3.17. The van der Waals surface area contributed by atoms with Crippen molar-refractivity contribution in [2.24, 2.45) is 0 Å². The average molecular weight is 262 g/mol. The zero-order valence-corrected chi connectivity index (χ0v) is 11.6. The van der Waals surface area contributed by atoms with Crippen molar-refractivity contribution in [3.05, 3.63) is 24.0 Å². The zero-order valence-electron chi connectivity index (χ0n) is 11.6. The number of likely N-dealkylation sites (N-methyl/N-ethyl adjacent to an activating group) is 1. The van der Waals surface area contributed by atoms with Gasteiger partial charge in [0.2, 0.25) is 0 Å². The molecule has 5 nitrogen and oxygen atoms in total. The number of aromatic nitrogens is 2. The minimum Gasteiger partial charge on any atom is -0.399 e. The van der Waals surface area contributed by atoms with Gasteiger partial charge in [0.15, 0.2) is 0 Å². The summed E-state index contributed by atoms with van der Waals surface area (Å²) in [5.74, 6) is 1.01. The van der Waals surface area contributed by atoms with E-state index in [-0.39, 0.29) is 0 Å². The van der Waals surface area contributed by atoms with E-state index in [0.29, 0.717) is 0 Å². The second-order valence-corrected chi connectivity index (χ2v) is 4.86. The van der Waals surface area contributed by atoms with Crippen LogP contribution in [0.2, 0.25) is 0 Å². The quantitative estimate of drug-likeness (QED) is 0.588. The first kappa shape index (κ1) is 13.8. The van der Waals surface area contributed by atoms with Gasteiger partial charge in [-0.2, -0.15) is 0 Å². The molecule has 104 valence electrons. The van der Waals surface area contributed by atoms with E-state index in [1.165, 1.54) is 0 Å². The molecule has 0 fully saturated rings. The van der Waals surface area contributed by atoms with Gasteiger partial charge in [0, 0.05) is 38.9 Å². The van der Waals surface area contributed by atoms with Gasteiger partial charge >= 0.3 is 0 Å². The average Bonchev–Trinajstić information content (AvgIpc) is 2.78. The summed E-state index contributed by atoms with van der Waals surface area (Å²) >= 11 is 0. The molecule has 0 spiro atoms. The Morgan fingerprint density at radius 1 is 1.37 bits per heavy atom. The molecule has 0 bridgehead atoms. The molecule has 0 aliphatic heterocycles. The van der Waals surface area contributed by atoms with Crippen LogP contribution in [0.25, 0.3) is 11.0 Å². The van der Waals surface area contributed by atoms with Gasteiger partial charge in [-0.3, -0.25) is 0 Å². The Kier molecular flexibility index (Phi) is 4.76. The van der Waals surface area contributed by atoms with E-state index in [9.17, 15) is 0 Å². The molecule has 19 heavy (non-hydrogen) atoms. The van der Waals surface area contributed by atoms with Crippen LogP contribution in [-0.2, 0) is 11.2 Å². The Bertz CT molecular complexity index is 523. The number of aromatic amines is 1. The fourth-order valence-corrected chi connectivity index (χ4v) is 2.09. The van der Waals surface area contributed by atoms with Gasteiger partial charge in [0.25, 0.3) is 0 Å². The van der Waals surface area contributed by atoms with Gasteiger partial charge < -0.3 is 20.4 Å². The van der Waals surface area contributed by atoms with Crippen LogP contribution < -0.4 is 5.73 Å². The van der Waals surface area contributed by atoms with Crippen molar-refractivity contribution >= 4 is 16.7 Å². The van der Waals surface area contributed by atoms with E-state index in [2.05, 4.69) is 21.9 Å². The second kappa shape index (κ2) is 6.54. The molecule has 0 amide bonds. The predicted octanol–water partition coefficient (Wildman–Crippen LogP) is 1.66. The summed E-state index contributed by atoms with van der Waals surface area (Å²) in [5, 5.41) is 0. The van der Waals surface area contributed by atoms with Crippen molar-refractivity contribution in [2.75, 3.05) is 39.6 Å². The first-order valence-electron chi connectivity index (χ1n) is 6.60. The number of fused-ring (bicyclic) bond motifs is 1. The third kappa shape index (κ3) is 3.94. The fourth-order valence-electron chi connectivity index (χ4n) is 2.09. The number of nitrogens with two attached hydrogens (primary N) is 1. The minimum atomic E-state index is 0.763. The van der Waals surface area contributed by atoms with Crippen molar-refractivity contribution in [3.63, 3.8) is 0 Å². The van der Waals surface area contributed by atoms with Crippen LogP contribution in [0.5, 0.6) is 0 Å². The number of imidazole rings is 1. The molecule has 3 N–H and O–H groups in total. The van der Waals surface area contributed by atoms with Gasteiger partial charge in [-0.15, -0.1) is 0 Å². The maximum atomic E-state index is 5.76. The number of nitrogen functional groups attached to an aromatic ring is 1. The van der Waals surface area contributed by atoms with Crippen LogP contribution in [0.1, 0.15) is 12.2 Å². The largest absolute Gasteiger partial charge is 0.399 e. The summed E-state index contributed by atoms with van der Waals surface area (Å²) in [7, 11) is 3.86. The number of anilines is 1. The number of H-pyrrole nitrogens is 1. The lowest BCUT2D eigenvalue weighted by Crippen LogP contribution is -2.23. The van der Waals surface area contributed by atoms with E-state index >= 15 is 0 Å². The summed E-state index contributed by atoms with van der Waals surface area (Å²) < 4.78 is 5.05. The molecule has 0 aliphatic carbocycles. The lowest BCUT2D eigenvalue weighted by Gasteiger charge is -2.15. The van der Waals surface area contributed by atoms with Gasteiger partial charge in [-0.25, -0.2) is 4.98 Å². The normalized spacial score (nSPS) is 11.5. The molecule has 5 heteroatoms. The first-order chi connectivity index (χ1) is 9.19. The Hall–Kier alpha value is -1.59. The summed E-state index contributed by atoms with van der Waals surface area (Å²) in [6.45, 7) is 2.84.